The molecule has 0 unspecified atom stereocenters. The van der Waals surface area contributed by atoms with Gasteiger partial charge >= 0.3 is 0 Å². The van der Waals surface area contributed by atoms with E-state index in [1.807, 2.05) is 12.1 Å². The average molecular weight is 404 g/mol. The van der Waals surface area contributed by atoms with Crippen LogP contribution in [0.25, 0.3) is 5.69 Å². The van der Waals surface area contributed by atoms with Gasteiger partial charge in [0.25, 0.3) is 0 Å². The molecule has 3 N–H and O–H groups in total. The zero-order valence-corrected chi connectivity index (χ0v) is 16.0. The van der Waals surface area contributed by atoms with Crippen molar-refractivity contribution in [2.75, 3.05) is 18.0 Å². The molecule has 0 aliphatic heterocycles. The molecule has 0 aliphatic rings. The van der Waals surface area contributed by atoms with Crippen molar-refractivity contribution in [1.29, 1.82) is 10.5 Å². The number of nitrogens with two attached hydrogens (primary N) is 1. The molecule has 0 amide bonds. The number of hydrogen-bond donors (Lipinski definition) is 2. The molecule has 0 radical (unpaired) electrons. The first kappa shape index (κ1) is 21.4. The van der Waals surface area contributed by atoms with Crippen molar-refractivity contribution in [1.82, 2.24) is 14.5 Å². The largest absolute Gasteiger partial charge is 0.382 e. The molecule has 0 fully saturated rings. The van der Waals surface area contributed by atoms with Crippen LogP contribution in [0.15, 0.2) is 24.3 Å². The average Bonchev–Trinajstić information content (AvgIpc) is 2.98. The van der Waals surface area contributed by atoms with Gasteiger partial charge in [-0.2, -0.15) is 15.6 Å². The van der Waals surface area contributed by atoms with Crippen molar-refractivity contribution >= 4 is 15.8 Å². The molecule has 28 heavy (non-hydrogen) atoms. The Bertz CT molecular complexity index is 987. The van der Waals surface area contributed by atoms with E-state index in [0.717, 1.165) is 0 Å². The monoisotopic (exact) mass is 404 g/mol. The maximum atomic E-state index is 13.1. The normalized spacial score (nSPS) is 11.1. The smallest absolute Gasteiger partial charge is 0.211 e. The summed E-state index contributed by atoms with van der Waals surface area (Å²) < 4.78 is 40.7. The molecule has 0 saturated heterocycles. The van der Waals surface area contributed by atoms with E-state index in [4.69, 9.17) is 11.0 Å². The first-order valence-electron chi connectivity index (χ1n) is 8.75. The second-order valence-electron chi connectivity index (χ2n) is 6.14. The van der Waals surface area contributed by atoms with Gasteiger partial charge in [-0.15, -0.1) is 0 Å². The van der Waals surface area contributed by atoms with E-state index in [-0.39, 0.29) is 23.7 Å². The number of nitrogens with one attached hydrogen (secondary N) is 1. The molecule has 1 aromatic heterocycles. The topological polar surface area (TPSA) is 138 Å². The SMILES string of the molecule is N#CCCCCS(=O)(=O)NCCCc1nn(-c2ccc(F)cc2)c(N)c1C#N. The first-order valence-corrected chi connectivity index (χ1v) is 10.4. The van der Waals surface area contributed by atoms with Crippen LogP contribution >= 0.6 is 0 Å². The minimum atomic E-state index is -3.39. The number of aryl methyl sites for hydroxylation is 1. The Kier molecular flexibility index (Phi) is 7.50. The highest BCUT2D eigenvalue weighted by Crippen LogP contribution is 2.21. The van der Waals surface area contributed by atoms with Crippen LogP contribution < -0.4 is 10.5 Å². The number of rotatable bonds is 10. The molecule has 1 heterocycles. The first-order chi connectivity index (χ1) is 13.4. The van der Waals surface area contributed by atoms with Crippen LogP contribution in [0.2, 0.25) is 0 Å². The lowest BCUT2D eigenvalue weighted by Crippen LogP contribution is -2.27. The van der Waals surface area contributed by atoms with Gasteiger partial charge in [-0.1, -0.05) is 0 Å². The summed E-state index contributed by atoms with van der Waals surface area (Å²) in [6.07, 6.45) is 2.11. The van der Waals surface area contributed by atoms with Gasteiger partial charge in [0.05, 0.1) is 23.2 Å². The molecule has 0 spiro atoms. The highest BCUT2D eigenvalue weighted by atomic mass is 32.2. The Morgan fingerprint density at radius 1 is 1.18 bits per heavy atom. The molecular weight excluding hydrogens is 383 g/mol. The van der Waals surface area contributed by atoms with Gasteiger partial charge in [0, 0.05) is 13.0 Å². The maximum Gasteiger partial charge on any atom is 0.211 e. The highest BCUT2D eigenvalue weighted by Gasteiger charge is 2.17. The summed E-state index contributed by atoms with van der Waals surface area (Å²) in [5.74, 6) is -0.262. The van der Waals surface area contributed by atoms with Crippen molar-refractivity contribution in [2.45, 2.75) is 32.1 Å². The summed E-state index contributed by atoms with van der Waals surface area (Å²) in [6.45, 7) is 0.203. The summed E-state index contributed by atoms with van der Waals surface area (Å²) in [5.41, 5.74) is 7.20. The fourth-order valence-corrected chi connectivity index (χ4v) is 3.79. The van der Waals surface area contributed by atoms with Crippen molar-refractivity contribution in [3.05, 3.63) is 41.3 Å². The summed E-state index contributed by atoms with van der Waals surface area (Å²) in [6, 6.07) is 9.54. The Labute approximate surface area is 163 Å². The molecule has 2 rings (SSSR count). The molecular formula is C18H21FN6O2S. The van der Waals surface area contributed by atoms with Gasteiger partial charge in [-0.05, 0) is 49.9 Å². The van der Waals surface area contributed by atoms with Crippen LogP contribution in [0.4, 0.5) is 10.2 Å². The van der Waals surface area contributed by atoms with Gasteiger partial charge in [0.1, 0.15) is 23.3 Å². The number of sulfonamides is 1. The maximum absolute atomic E-state index is 13.1. The predicted octanol–water partition coefficient (Wildman–Crippen LogP) is 2.01. The number of hydrogen-bond acceptors (Lipinski definition) is 6. The summed E-state index contributed by atoms with van der Waals surface area (Å²) >= 11 is 0. The number of nitriles is 2. The second-order valence-corrected chi connectivity index (χ2v) is 8.07. The molecule has 0 atom stereocenters. The molecule has 148 valence electrons. The van der Waals surface area contributed by atoms with Gasteiger partial charge in [-0.25, -0.2) is 22.2 Å². The van der Waals surface area contributed by atoms with E-state index < -0.39 is 15.8 Å². The molecule has 10 heteroatoms. The molecule has 0 saturated carbocycles. The second kappa shape index (κ2) is 9.83. The predicted molar refractivity (Wildman–Crippen MR) is 102 cm³/mol. The van der Waals surface area contributed by atoms with Gasteiger partial charge in [0.2, 0.25) is 10.0 Å². The number of anilines is 1. The minimum Gasteiger partial charge on any atom is -0.382 e. The molecule has 1 aromatic carbocycles. The molecule has 8 nitrogen and oxygen atoms in total. The van der Waals surface area contributed by atoms with E-state index in [1.165, 1.54) is 28.9 Å². The van der Waals surface area contributed by atoms with E-state index >= 15 is 0 Å². The highest BCUT2D eigenvalue weighted by molar-refractivity contribution is 7.89. The van der Waals surface area contributed by atoms with E-state index in [2.05, 4.69) is 9.82 Å². The minimum absolute atomic E-state index is 0.0235. The zero-order chi connectivity index (χ0) is 20.6. The number of nitrogen functional groups attached to an aromatic ring is 1. The van der Waals surface area contributed by atoms with E-state index in [1.54, 1.807) is 0 Å². The summed E-state index contributed by atoms with van der Waals surface area (Å²) in [5, 5.41) is 22.1. The van der Waals surface area contributed by atoms with Crippen LogP contribution in [0.1, 0.15) is 36.9 Å². The van der Waals surface area contributed by atoms with Crippen LogP contribution in [0, 0.1) is 28.5 Å². The zero-order valence-electron chi connectivity index (χ0n) is 15.2. The number of benzene rings is 1. The van der Waals surface area contributed by atoms with Crippen molar-refractivity contribution in [3.8, 4) is 17.8 Å². The fourth-order valence-electron chi connectivity index (χ4n) is 2.61. The van der Waals surface area contributed by atoms with Crippen LogP contribution in [0.5, 0.6) is 0 Å². The van der Waals surface area contributed by atoms with Crippen molar-refractivity contribution in [3.63, 3.8) is 0 Å². The van der Waals surface area contributed by atoms with Gasteiger partial charge in [0.15, 0.2) is 0 Å². The lowest BCUT2D eigenvalue weighted by atomic mass is 10.1. The van der Waals surface area contributed by atoms with Crippen molar-refractivity contribution < 1.29 is 12.8 Å². The summed E-state index contributed by atoms with van der Waals surface area (Å²) in [4.78, 5) is 0. The number of halogens is 1. The third-order valence-corrected chi connectivity index (χ3v) is 5.51. The number of unbranched alkanes of at least 4 members (excludes halogenated alkanes) is 2. The van der Waals surface area contributed by atoms with Crippen molar-refractivity contribution in [2.24, 2.45) is 0 Å². The quantitative estimate of drug-likeness (QED) is 0.581. The molecule has 2 aromatic rings. The standard InChI is InChI=1S/C18H21FN6O2S/c19-14-6-8-15(9-7-14)25-18(22)16(13-21)17(24-25)5-4-11-23-28(26,27)12-3-1-2-10-20/h6-9,23H,1-5,11-12,22H2. The Balaban J connectivity index is 1.96. The van der Waals surface area contributed by atoms with Crippen LogP contribution in [0.3, 0.4) is 0 Å². The Morgan fingerprint density at radius 2 is 1.89 bits per heavy atom. The van der Waals surface area contributed by atoms with Crippen LogP contribution in [-0.2, 0) is 16.4 Å². The third kappa shape index (κ3) is 5.78. The lowest BCUT2D eigenvalue weighted by molar-refractivity contribution is 0.574. The number of aromatic nitrogens is 2. The van der Waals surface area contributed by atoms with Gasteiger partial charge in [-0.3, -0.25) is 0 Å². The lowest BCUT2D eigenvalue weighted by Gasteiger charge is -2.05. The Morgan fingerprint density at radius 3 is 2.54 bits per heavy atom. The molecule has 0 aliphatic carbocycles. The molecule has 0 bridgehead atoms. The van der Waals surface area contributed by atoms with E-state index in [9.17, 15) is 18.1 Å². The third-order valence-electron chi connectivity index (χ3n) is 4.04. The van der Waals surface area contributed by atoms with Gasteiger partial charge < -0.3 is 5.73 Å². The Hall–Kier alpha value is -2.95. The van der Waals surface area contributed by atoms with Crippen LogP contribution in [-0.4, -0.2) is 30.5 Å². The summed E-state index contributed by atoms with van der Waals surface area (Å²) in [7, 11) is -3.39. The fraction of sp³-hybridized carbons (Fsp3) is 0.389. The number of nitrogens with zero attached hydrogens (tertiary/aromatic N) is 4. The van der Waals surface area contributed by atoms with E-state index in [0.29, 0.717) is 43.5 Å².